The Morgan fingerprint density at radius 1 is 1.18 bits per heavy atom. The summed E-state index contributed by atoms with van der Waals surface area (Å²) < 4.78 is 10.1. The van der Waals surface area contributed by atoms with Crippen LogP contribution in [-0.4, -0.2) is 25.2 Å². The topological polar surface area (TPSA) is 52.6 Å². The summed E-state index contributed by atoms with van der Waals surface area (Å²) >= 11 is 0. The largest absolute Gasteiger partial charge is 0.462 e. The van der Waals surface area contributed by atoms with Crippen LogP contribution in [0.15, 0.2) is 36.5 Å². The van der Waals surface area contributed by atoms with Gasteiger partial charge in [0.1, 0.15) is 6.61 Å². The van der Waals surface area contributed by atoms with Crippen molar-refractivity contribution in [1.29, 1.82) is 0 Å². The van der Waals surface area contributed by atoms with E-state index in [1.165, 1.54) is 12.2 Å². The van der Waals surface area contributed by atoms with Gasteiger partial charge in [-0.05, 0) is 25.3 Å². The SMILES string of the molecule is C=CCOC(=O)/C(C)=C/C(=C)C(=O)OCC(CC)CCCC. The van der Waals surface area contributed by atoms with Crippen molar-refractivity contribution in [3.63, 3.8) is 0 Å². The van der Waals surface area contributed by atoms with E-state index >= 15 is 0 Å². The Bertz CT molecular complexity index is 421. The van der Waals surface area contributed by atoms with Crippen molar-refractivity contribution in [3.05, 3.63) is 36.5 Å². The molecule has 0 radical (unpaired) electrons. The molecule has 0 aliphatic heterocycles. The van der Waals surface area contributed by atoms with Gasteiger partial charge in [0.25, 0.3) is 0 Å². The molecular formula is C18H28O4. The highest BCUT2D eigenvalue weighted by molar-refractivity contribution is 5.95. The van der Waals surface area contributed by atoms with Crippen LogP contribution >= 0.6 is 0 Å². The van der Waals surface area contributed by atoms with Gasteiger partial charge in [-0.25, -0.2) is 9.59 Å². The van der Waals surface area contributed by atoms with Gasteiger partial charge in [-0.3, -0.25) is 0 Å². The Morgan fingerprint density at radius 3 is 2.41 bits per heavy atom. The fourth-order valence-electron chi connectivity index (χ4n) is 1.81. The number of unbranched alkanes of at least 4 members (excludes halogenated alkanes) is 1. The molecule has 22 heavy (non-hydrogen) atoms. The van der Waals surface area contributed by atoms with Gasteiger partial charge in [-0.15, -0.1) is 0 Å². The number of rotatable bonds is 11. The van der Waals surface area contributed by atoms with Crippen molar-refractivity contribution >= 4 is 11.9 Å². The minimum Gasteiger partial charge on any atom is -0.462 e. The fraction of sp³-hybridized carbons (Fsp3) is 0.556. The molecule has 0 bridgehead atoms. The number of hydrogen-bond donors (Lipinski definition) is 0. The van der Waals surface area contributed by atoms with Crippen LogP contribution in [0.4, 0.5) is 0 Å². The molecule has 0 N–H and O–H groups in total. The maximum absolute atomic E-state index is 11.9. The number of ether oxygens (including phenoxy) is 2. The van der Waals surface area contributed by atoms with Gasteiger partial charge in [0.15, 0.2) is 0 Å². The summed E-state index contributed by atoms with van der Waals surface area (Å²) in [6, 6.07) is 0. The predicted molar refractivity (Wildman–Crippen MR) is 88.3 cm³/mol. The van der Waals surface area contributed by atoms with Gasteiger partial charge in [0.05, 0.1) is 12.2 Å². The monoisotopic (exact) mass is 308 g/mol. The van der Waals surface area contributed by atoms with E-state index in [2.05, 4.69) is 27.0 Å². The molecule has 0 aromatic carbocycles. The lowest BCUT2D eigenvalue weighted by atomic mass is 10.0. The highest BCUT2D eigenvalue weighted by Crippen LogP contribution is 2.14. The van der Waals surface area contributed by atoms with Gasteiger partial charge in [-0.1, -0.05) is 52.3 Å². The lowest BCUT2D eigenvalue weighted by Gasteiger charge is -2.14. The van der Waals surface area contributed by atoms with E-state index in [1.807, 2.05) is 0 Å². The van der Waals surface area contributed by atoms with Crippen LogP contribution < -0.4 is 0 Å². The summed E-state index contributed by atoms with van der Waals surface area (Å²) in [4.78, 5) is 23.4. The summed E-state index contributed by atoms with van der Waals surface area (Å²) in [6.45, 7) is 13.4. The van der Waals surface area contributed by atoms with Crippen LogP contribution in [0.5, 0.6) is 0 Å². The van der Waals surface area contributed by atoms with Crippen LogP contribution in [0.2, 0.25) is 0 Å². The highest BCUT2D eigenvalue weighted by Gasteiger charge is 2.13. The number of carbonyl (C=O) groups excluding carboxylic acids is 2. The minimum absolute atomic E-state index is 0.135. The lowest BCUT2D eigenvalue weighted by molar-refractivity contribution is -0.140. The van der Waals surface area contributed by atoms with Crippen molar-refractivity contribution in [2.75, 3.05) is 13.2 Å². The van der Waals surface area contributed by atoms with E-state index in [0.29, 0.717) is 18.1 Å². The third-order valence-corrected chi connectivity index (χ3v) is 3.30. The standard InChI is InChI=1S/C18H28O4/c1-6-9-10-16(8-3)13-22-18(20)15(5)12-14(4)17(19)21-11-7-2/h7,12,16H,2,5-6,8-11,13H2,1,3-4H3/b14-12+. The summed E-state index contributed by atoms with van der Waals surface area (Å²) in [5, 5.41) is 0. The first kappa shape index (κ1) is 20.2. The molecule has 0 heterocycles. The Labute approximate surface area is 133 Å². The maximum Gasteiger partial charge on any atom is 0.337 e. The van der Waals surface area contributed by atoms with E-state index in [0.717, 1.165) is 25.7 Å². The van der Waals surface area contributed by atoms with Crippen LogP contribution in [0, 0.1) is 5.92 Å². The quantitative estimate of drug-likeness (QED) is 0.251. The zero-order valence-electron chi connectivity index (χ0n) is 14.0. The zero-order chi connectivity index (χ0) is 17.0. The van der Waals surface area contributed by atoms with Crippen LogP contribution in [0.3, 0.4) is 0 Å². The van der Waals surface area contributed by atoms with E-state index < -0.39 is 11.9 Å². The molecule has 0 saturated carbocycles. The molecule has 0 spiro atoms. The molecule has 0 aliphatic carbocycles. The van der Waals surface area contributed by atoms with Gasteiger partial charge >= 0.3 is 11.9 Å². The lowest BCUT2D eigenvalue weighted by Crippen LogP contribution is -2.15. The van der Waals surface area contributed by atoms with Crippen molar-refractivity contribution in [2.45, 2.75) is 46.5 Å². The number of esters is 2. The van der Waals surface area contributed by atoms with E-state index in [9.17, 15) is 9.59 Å². The Morgan fingerprint density at radius 2 is 1.86 bits per heavy atom. The molecule has 0 saturated heterocycles. The Kier molecular flexibility index (Phi) is 10.8. The fourth-order valence-corrected chi connectivity index (χ4v) is 1.81. The van der Waals surface area contributed by atoms with Crippen molar-refractivity contribution in [3.8, 4) is 0 Å². The average Bonchev–Trinajstić information content (AvgIpc) is 2.52. The molecule has 0 fully saturated rings. The molecule has 0 rings (SSSR count). The minimum atomic E-state index is -0.497. The summed E-state index contributed by atoms with van der Waals surface area (Å²) in [5.74, 6) is -0.617. The summed E-state index contributed by atoms with van der Waals surface area (Å²) in [6.07, 6.45) is 7.16. The first-order chi connectivity index (χ1) is 10.5. The second-order valence-corrected chi connectivity index (χ2v) is 5.25. The van der Waals surface area contributed by atoms with Crippen molar-refractivity contribution in [1.82, 2.24) is 0 Å². The average molecular weight is 308 g/mol. The number of carbonyl (C=O) groups is 2. The van der Waals surface area contributed by atoms with Gasteiger partial charge in [0, 0.05) is 5.57 Å². The zero-order valence-corrected chi connectivity index (χ0v) is 14.0. The molecule has 4 heteroatoms. The van der Waals surface area contributed by atoms with Gasteiger partial charge in [0.2, 0.25) is 0 Å². The normalized spacial score (nSPS) is 12.4. The predicted octanol–water partition coefficient (Wildman–Crippen LogP) is 3.98. The van der Waals surface area contributed by atoms with Gasteiger partial charge < -0.3 is 9.47 Å². The highest BCUT2D eigenvalue weighted by atomic mass is 16.5. The summed E-state index contributed by atoms with van der Waals surface area (Å²) in [5.41, 5.74) is 0.459. The first-order valence-electron chi connectivity index (χ1n) is 7.78. The molecule has 124 valence electrons. The van der Waals surface area contributed by atoms with E-state index in [4.69, 9.17) is 9.47 Å². The molecule has 0 amide bonds. The third-order valence-electron chi connectivity index (χ3n) is 3.30. The molecule has 4 nitrogen and oxygen atoms in total. The molecule has 0 aliphatic rings. The van der Waals surface area contributed by atoms with Gasteiger partial charge in [-0.2, -0.15) is 0 Å². The number of hydrogen-bond acceptors (Lipinski definition) is 4. The van der Waals surface area contributed by atoms with Crippen LogP contribution in [0.1, 0.15) is 46.5 Å². The molecule has 1 unspecified atom stereocenters. The molecule has 1 atom stereocenters. The molecular weight excluding hydrogens is 280 g/mol. The summed E-state index contributed by atoms with van der Waals surface area (Å²) in [7, 11) is 0. The van der Waals surface area contributed by atoms with Crippen molar-refractivity contribution < 1.29 is 19.1 Å². The Hall–Kier alpha value is -1.84. The van der Waals surface area contributed by atoms with E-state index in [1.54, 1.807) is 6.92 Å². The smallest absolute Gasteiger partial charge is 0.337 e. The first-order valence-corrected chi connectivity index (χ1v) is 7.78. The van der Waals surface area contributed by atoms with Crippen LogP contribution in [0.25, 0.3) is 0 Å². The Balaban J connectivity index is 4.38. The third kappa shape index (κ3) is 8.45. The van der Waals surface area contributed by atoms with Crippen LogP contribution in [-0.2, 0) is 19.1 Å². The molecule has 0 aromatic rings. The van der Waals surface area contributed by atoms with Crippen molar-refractivity contribution in [2.24, 2.45) is 5.92 Å². The van der Waals surface area contributed by atoms with E-state index in [-0.39, 0.29) is 12.2 Å². The molecule has 0 aromatic heterocycles. The maximum atomic E-state index is 11.9. The second-order valence-electron chi connectivity index (χ2n) is 5.25. The second kappa shape index (κ2) is 11.8.